The number of amides is 1. The lowest BCUT2D eigenvalue weighted by Gasteiger charge is -2.09. The van der Waals surface area contributed by atoms with E-state index < -0.39 is 5.97 Å². The van der Waals surface area contributed by atoms with E-state index in [0.717, 1.165) is 12.0 Å². The molecule has 1 heterocycles. The number of hydrogen-bond donors (Lipinski definition) is 2. The van der Waals surface area contributed by atoms with Gasteiger partial charge >= 0.3 is 5.97 Å². The van der Waals surface area contributed by atoms with Crippen LogP contribution in [0.1, 0.15) is 34.8 Å². The van der Waals surface area contributed by atoms with Gasteiger partial charge in [-0.25, -0.2) is 4.79 Å². The van der Waals surface area contributed by atoms with Crippen molar-refractivity contribution < 1.29 is 14.7 Å². The standard InChI is InChI=1S/C11H11NO3/c13-10-6-5-9(12-10)7-1-3-8(4-2-7)11(14)15/h1-4,9H,5-6H2,(H,12,13)(H,14,15)/t9-/m0/s1. The summed E-state index contributed by atoms with van der Waals surface area (Å²) < 4.78 is 0. The molecule has 0 spiro atoms. The van der Waals surface area contributed by atoms with Crippen LogP contribution in [0.25, 0.3) is 0 Å². The van der Waals surface area contributed by atoms with Crippen molar-refractivity contribution in [3.63, 3.8) is 0 Å². The average Bonchev–Trinajstić information content (AvgIpc) is 2.65. The second kappa shape index (κ2) is 3.73. The Kier molecular flexibility index (Phi) is 2.41. The van der Waals surface area contributed by atoms with Crippen LogP contribution in [0.3, 0.4) is 0 Å². The van der Waals surface area contributed by atoms with Gasteiger partial charge in [-0.15, -0.1) is 0 Å². The number of nitrogens with one attached hydrogen (secondary N) is 1. The molecule has 0 aliphatic carbocycles. The van der Waals surface area contributed by atoms with Gasteiger partial charge in [0.25, 0.3) is 0 Å². The maximum Gasteiger partial charge on any atom is 0.335 e. The smallest absolute Gasteiger partial charge is 0.335 e. The molecule has 4 nitrogen and oxygen atoms in total. The lowest BCUT2D eigenvalue weighted by Crippen LogP contribution is -2.18. The van der Waals surface area contributed by atoms with Crippen LogP contribution in [0.15, 0.2) is 24.3 Å². The van der Waals surface area contributed by atoms with Gasteiger partial charge in [-0.05, 0) is 24.1 Å². The number of hydrogen-bond acceptors (Lipinski definition) is 2. The summed E-state index contributed by atoms with van der Waals surface area (Å²) in [6.45, 7) is 0. The lowest BCUT2D eigenvalue weighted by molar-refractivity contribution is -0.119. The molecule has 0 radical (unpaired) electrons. The molecule has 1 amide bonds. The fourth-order valence-corrected chi connectivity index (χ4v) is 1.72. The number of carboxylic acids is 1. The molecular formula is C11H11NO3. The van der Waals surface area contributed by atoms with Crippen LogP contribution in [-0.4, -0.2) is 17.0 Å². The highest BCUT2D eigenvalue weighted by molar-refractivity contribution is 5.87. The monoisotopic (exact) mass is 205 g/mol. The topological polar surface area (TPSA) is 66.4 Å². The van der Waals surface area contributed by atoms with Crippen LogP contribution in [0.4, 0.5) is 0 Å². The molecule has 2 rings (SSSR count). The predicted octanol–water partition coefficient (Wildman–Crippen LogP) is 1.34. The summed E-state index contributed by atoms with van der Waals surface area (Å²) in [5.74, 6) is -0.876. The van der Waals surface area contributed by atoms with E-state index in [2.05, 4.69) is 5.32 Å². The van der Waals surface area contributed by atoms with Crippen molar-refractivity contribution in [2.45, 2.75) is 18.9 Å². The molecule has 15 heavy (non-hydrogen) atoms. The van der Waals surface area contributed by atoms with Crippen LogP contribution in [-0.2, 0) is 4.79 Å². The Balaban J connectivity index is 2.17. The SMILES string of the molecule is O=C1CC[C@@H](c2ccc(C(=O)O)cc2)N1. The van der Waals surface area contributed by atoms with Crippen molar-refractivity contribution in [2.75, 3.05) is 0 Å². The number of aromatic carboxylic acids is 1. The molecule has 1 atom stereocenters. The third-order valence-electron chi connectivity index (χ3n) is 2.56. The van der Waals surface area contributed by atoms with Crippen LogP contribution in [0, 0.1) is 0 Å². The van der Waals surface area contributed by atoms with E-state index in [1.165, 1.54) is 0 Å². The molecular weight excluding hydrogens is 194 g/mol. The normalized spacial score (nSPS) is 20.0. The quantitative estimate of drug-likeness (QED) is 0.765. The van der Waals surface area contributed by atoms with Gasteiger partial charge in [-0.3, -0.25) is 4.79 Å². The summed E-state index contributed by atoms with van der Waals surface area (Å²) in [5.41, 5.74) is 1.23. The number of carboxylic acid groups (broad SMARTS) is 1. The zero-order chi connectivity index (χ0) is 10.8. The first-order chi connectivity index (χ1) is 7.16. The second-order valence-electron chi connectivity index (χ2n) is 3.59. The van der Waals surface area contributed by atoms with Crippen molar-refractivity contribution in [3.8, 4) is 0 Å². The Morgan fingerprint density at radius 1 is 1.33 bits per heavy atom. The highest BCUT2D eigenvalue weighted by Crippen LogP contribution is 2.23. The Morgan fingerprint density at radius 2 is 2.00 bits per heavy atom. The van der Waals surface area contributed by atoms with Gasteiger partial charge < -0.3 is 10.4 Å². The first-order valence-corrected chi connectivity index (χ1v) is 4.79. The van der Waals surface area contributed by atoms with Crippen molar-refractivity contribution in [2.24, 2.45) is 0 Å². The Hall–Kier alpha value is -1.84. The number of benzene rings is 1. The molecule has 0 saturated carbocycles. The highest BCUT2D eigenvalue weighted by Gasteiger charge is 2.22. The number of carbonyl (C=O) groups excluding carboxylic acids is 1. The number of carbonyl (C=O) groups is 2. The van der Waals surface area contributed by atoms with Crippen molar-refractivity contribution >= 4 is 11.9 Å². The zero-order valence-corrected chi connectivity index (χ0v) is 8.06. The lowest BCUT2D eigenvalue weighted by atomic mass is 10.0. The largest absolute Gasteiger partial charge is 0.478 e. The fourth-order valence-electron chi connectivity index (χ4n) is 1.72. The Labute approximate surface area is 86.9 Å². The third kappa shape index (κ3) is 1.98. The van der Waals surface area contributed by atoms with Crippen LogP contribution in [0.5, 0.6) is 0 Å². The summed E-state index contributed by atoms with van der Waals surface area (Å²) in [6, 6.07) is 6.66. The van der Waals surface area contributed by atoms with Crippen LogP contribution < -0.4 is 5.32 Å². The second-order valence-corrected chi connectivity index (χ2v) is 3.59. The molecule has 1 fully saturated rings. The minimum absolute atomic E-state index is 0.0420. The Bertz CT molecular complexity index is 397. The van der Waals surface area contributed by atoms with E-state index in [1.807, 2.05) is 0 Å². The first-order valence-electron chi connectivity index (χ1n) is 4.79. The van der Waals surface area contributed by atoms with Crippen LogP contribution >= 0.6 is 0 Å². The van der Waals surface area contributed by atoms with Crippen LogP contribution in [0.2, 0.25) is 0 Å². The van der Waals surface area contributed by atoms with Gasteiger partial charge in [-0.2, -0.15) is 0 Å². The molecule has 0 bridgehead atoms. The maximum atomic E-state index is 11.0. The van der Waals surface area contributed by atoms with Gasteiger partial charge in [0.1, 0.15) is 0 Å². The van der Waals surface area contributed by atoms with Crippen molar-refractivity contribution in [1.82, 2.24) is 5.32 Å². The van der Waals surface area contributed by atoms with E-state index in [0.29, 0.717) is 6.42 Å². The van der Waals surface area contributed by atoms with E-state index in [9.17, 15) is 9.59 Å². The molecule has 78 valence electrons. The molecule has 1 aromatic carbocycles. The van der Waals surface area contributed by atoms with Gasteiger partial charge in [-0.1, -0.05) is 12.1 Å². The fraction of sp³-hybridized carbons (Fsp3) is 0.273. The molecule has 0 unspecified atom stereocenters. The molecule has 1 aliphatic rings. The van der Waals surface area contributed by atoms with Gasteiger partial charge in [0, 0.05) is 6.42 Å². The van der Waals surface area contributed by atoms with E-state index in [4.69, 9.17) is 5.11 Å². The molecule has 1 aliphatic heterocycles. The molecule has 1 aromatic rings. The van der Waals surface area contributed by atoms with Crippen molar-refractivity contribution in [3.05, 3.63) is 35.4 Å². The summed E-state index contributed by atoms with van der Waals surface area (Å²) in [7, 11) is 0. The van der Waals surface area contributed by atoms with E-state index >= 15 is 0 Å². The average molecular weight is 205 g/mol. The first kappa shape index (κ1) is 9.71. The zero-order valence-electron chi connectivity index (χ0n) is 8.06. The van der Waals surface area contributed by atoms with Gasteiger partial charge in [0.15, 0.2) is 0 Å². The molecule has 1 saturated heterocycles. The molecule has 2 N–H and O–H groups in total. The third-order valence-corrected chi connectivity index (χ3v) is 2.56. The van der Waals surface area contributed by atoms with Gasteiger partial charge in [0.2, 0.25) is 5.91 Å². The van der Waals surface area contributed by atoms with E-state index in [-0.39, 0.29) is 17.5 Å². The molecule has 4 heteroatoms. The molecule has 0 aromatic heterocycles. The summed E-state index contributed by atoms with van der Waals surface area (Å²) in [4.78, 5) is 21.6. The minimum Gasteiger partial charge on any atom is -0.478 e. The Morgan fingerprint density at radius 3 is 2.47 bits per heavy atom. The summed E-state index contributed by atoms with van der Waals surface area (Å²) >= 11 is 0. The van der Waals surface area contributed by atoms with Crippen molar-refractivity contribution in [1.29, 1.82) is 0 Å². The number of rotatable bonds is 2. The predicted molar refractivity (Wildman–Crippen MR) is 53.5 cm³/mol. The minimum atomic E-state index is -0.933. The summed E-state index contributed by atoms with van der Waals surface area (Å²) in [5, 5.41) is 11.5. The summed E-state index contributed by atoms with van der Waals surface area (Å²) in [6.07, 6.45) is 1.33. The maximum absolute atomic E-state index is 11.0. The van der Waals surface area contributed by atoms with Gasteiger partial charge in [0.05, 0.1) is 11.6 Å². The highest BCUT2D eigenvalue weighted by atomic mass is 16.4. The van der Waals surface area contributed by atoms with E-state index in [1.54, 1.807) is 24.3 Å².